The second-order valence-electron chi connectivity index (χ2n) is 4.46. The van der Waals surface area contributed by atoms with Crippen molar-refractivity contribution in [1.82, 2.24) is 14.0 Å². The molecule has 1 atom stereocenters. The fourth-order valence-electron chi connectivity index (χ4n) is 1.02. The first-order valence-electron chi connectivity index (χ1n) is 5.36. The molecule has 0 aliphatic heterocycles. The fourth-order valence-corrected chi connectivity index (χ4v) is 1.60. The van der Waals surface area contributed by atoms with Crippen LogP contribution >= 0.6 is 22.9 Å². The number of amides is 2. The van der Waals surface area contributed by atoms with Gasteiger partial charge in [-0.25, -0.2) is 18.1 Å². The van der Waals surface area contributed by atoms with Crippen LogP contribution in [0.25, 0.3) is 0 Å². The lowest BCUT2D eigenvalue weighted by molar-refractivity contribution is -0.149. The molecule has 0 aromatic rings. The maximum atomic E-state index is 11.8. The summed E-state index contributed by atoms with van der Waals surface area (Å²) in [5.41, 5.74) is 3.86. The minimum Gasteiger partial charge on any atom is -0.467 e. The summed E-state index contributed by atoms with van der Waals surface area (Å²) >= 11 is 1.53. The van der Waals surface area contributed by atoms with Crippen LogP contribution in [-0.4, -0.2) is 46.9 Å². The van der Waals surface area contributed by atoms with E-state index in [2.05, 4.69) is 15.6 Å². The van der Waals surface area contributed by atoms with Crippen molar-refractivity contribution in [3.8, 4) is 0 Å². The molecule has 0 aromatic carbocycles. The quantitative estimate of drug-likeness (QED) is 0.238. The molecule has 0 rings (SSSR count). The van der Waals surface area contributed by atoms with Crippen molar-refractivity contribution < 1.29 is 23.9 Å². The van der Waals surface area contributed by atoms with Crippen LogP contribution in [0.1, 0.15) is 20.8 Å². The Hall–Kier alpha value is -1.10. The van der Waals surface area contributed by atoms with Crippen molar-refractivity contribution in [3.63, 3.8) is 0 Å². The Morgan fingerprint density at radius 3 is 2.16 bits per heavy atom. The van der Waals surface area contributed by atoms with Crippen LogP contribution in [0.3, 0.4) is 0 Å². The van der Waals surface area contributed by atoms with E-state index in [1.54, 1.807) is 20.8 Å². The highest BCUT2D eigenvalue weighted by molar-refractivity contribution is 14.1. The first kappa shape index (κ1) is 17.9. The zero-order valence-corrected chi connectivity index (χ0v) is 13.6. The highest BCUT2D eigenvalue weighted by Crippen LogP contribution is 2.16. The smallest absolute Gasteiger partial charge is 0.420 e. The molecule has 110 valence electrons. The van der Waals surface area contributed by atoms with Gasteiger partial charge in [0, 0.05) is 7.05 Å². The lowest BCUT2D eigenvalue weighted by Gasteiger charge is -2.26. The van der Waals surface area contributed by atoms with Crippen LogP contribution < -0.4 is 10.9 Å². The van der Waals surface area contributed by atoms with E-state index in [4.69, 9.17) is 4.74 Å². The van der Waals surface area contributed by atoms with Gasteiger partial charge >= 0.3 is 12.1 Å². The summed E-state index contributed by atoms with van der Waals surface area (Å²) in [4.78, 5) is 35.1. The largest absolute Gasteiger partial charge is 0.467 e. The van der Waals surface area contributed by atoms with Gasteiger partial charge in [-0.05, 0) is 20.8 Å². The number of hydrogen-bond donors (Lipinski definition) is 2. The van der Waals surface area contributed by atoms with Crippen LogP contribution in [0, 0.1) is 0 Å². The molecule has 0 radical (unpaired) electrons. The van der Waals surface area contributed by atoms with Crippen molar-refractivity contribution in [2.45, 2.75) is 32.4 Å². The lowest BCUT2D eigenvalue weighted by atomic mass is 10.2. The Balaban J connectivity index is 5.00. The molecule has 2 amide bonds. The maximum absolute atomic E-state index is 11.8. The van der Waals surface area contributed by atoms with E-state index in [9.17, 15) is 14.4 Å². The third-order valence-electron chi connectivity index (χ3n) is 1.72. The molecule has 0 saturated carbocycles. The maximum Gasteiger partial charge on any atom is 0.420 e. The van der Waals surface area contributed by atoms with Crippen molar-refractivity contribution in [2.24, 2.45) is 0 Å². The molecule has 0 saturated heterocycles. The summed E-state index contributed by atoms with van der Waals surface area (Å²) in [7, 11) is 2.58. The number of ether oxygens (including phenoxy) is 2. The second kappa shape index (κ2) is 7.48. The van der Waals surface area contributed by atoms with Crippen LogP contribution in [0.2, 0.25) is 0 Å². The topological polar surface area (TPSA) is 97.0 Å². The number of nitrogens with one attached hydrogen (secondary N) is 2. The zero-order valence-electron chi connectivity index (χ0n) is 11.4. The fraction of sp³-hybridized carbons (Fsp3) is 0.700. The SMILES string of the molecule is CNNC(=O)C(C(=O)OC)N(I)C(=O)OC(C)(C)C. The Bertz CT molecular complexity index is 356. The van der Waals surface area contributed by atoms with E-state index < -0.39 is 29.6 Å². The normalized spacial score (nSPS) is 12.3. The third-order valence-corrected chi connectivity index (χ3v) is 2.67. The summed E-state index contributed by atoms with van der Waals surface area (Å²) < 4.78 is 10.4. The molecular formula is C10H18IN3O5. The molecule has 0 aromatic heterocycles. The number of methoxy groups -OCH3 is 1. The first-order valence-corrected chi connectivity index (χ1v) is 6.33. The van der Waals surface area contributed by atoms with E-state index in [1.165, 1.54) is 29.9 Å². The molecule has 0 fully saturated rings. The number of esters is 1. The first-order chi connectivity index (χ1) is 8.64. The number of hydrogen-bond acceptors (Lipinski definition) is 6. The molecule has 1 unspecified atom stereocenters. The van der Waals surface area contributed by atoms with Gasteiger partial charge in [0.2, 0.25) is 6.04 Å². The molecule has 2 N–H and O–H groups in total. The van der Waals surface area contributed by atoms with Crippen LogP contribution in [0.5, 0.6) is 0 Å². The Labute approximate surface area is 125 Å². The zero-order chi connectivity index (χ0) is 15.2. The molecule has 0 bridgehead atoms. The minimum absolute atomic E-state index is 0.727. The standard InChI is InChI=1S/C10H18IN3O5/c1-10(2,3)19-9(17)14(11)6(8(16)18-5)7(15)13-12-4/h6,12H,1-5H3,(H,13,15). The van der Waals surface area contributed by atoms with Crippen LogP contribution in [0.15, 0.2) is 0 Å². The predicted octanol–water partition coefficient (Wildman–Crippen LogP) is 0.366. The van der Waals surface area contributed by atoms with E-state index in [0.717, 1.165) is 10.2 Å². The molecule has 19 heavy (non-hydrogen) atoms. The number of nitrogens with zero attached hydrogens (tertiary/aromatic N) is 1. The summed E-state index contributed by atoms with van der Waals surface area (Å²) in [6.07, 6.45) is -0.810. The average Bonchev–Trinajstić information content (AvgIpc) is 2.26. The van der Waals surface area contributed by atoms with E-state index in [-0.39, 0.29) is 0 Å². The Morgan fingerprint density at radius 1 is 1.26 bits per heavy atom. The number of hydrazine groups is 1. The lowest BCUT2D eigenvalue weighted by Crippen LogP contribution is -2.53. The van der Waals surface area contributed by atoms with Crippen molar-refractivity contribution in [3.05, 3.63) is 0 Å². The minimum atomic E-state index is -1.44. The number of halogens is 1. The van der Waals surface area contributed by atoms with Crippen molar-refractivity contribution in [2.75, 3.05) is 14.2 Å². The number of carbonyl (C=O) groups excluding carboxylic acids is 3. The highest BCUT2D eigenvalue weighted by Gasteiger charge is 2.38. The van der Waals surface area contributed by atoms with Gasteiger partial charge in [0.15, 0.2) is 0 Å². The van der Waals surface area contributed by atoms with E-state index in [1.807, 2.05) is 0 Å². The molecule has 8 nitrogen and oxygen atoms in total. The Morgan fingerprint density at radius 2 is 1.79 bits per heavy atom. The Kier molecular flexibility index (Phi) is 7.05. The van der Waals surface area contributed by atoms with Gasteiger partial charge in [-0.2, -0.15) is 0 Å². The van der Waals surface area contributed by atoms with Crippen LogP contribution in [-0.2, 0) is 19.1 Å². The summed E-state index contributed by atoms with van der Waals surface area (Å²) in [5, 5.41) is 0. The van der Waals surface area contributed by atoms with Gasteiger partial charge in [-0.1, -0.05) is 0 Å². The predicted molar refractivity (Wildman–Crippen MR) is 75.1 cm³/mol. The van der Waals surface area contributed by atoms with Gasteiger partial charge in [-0.3, -0.25) is 10.2 Å². The van der Waals surface area contributed by atoms with Crippen LogP contribution in [0.4, 0.5) is 4.79 Å². The van der Waals surface area contributed by atoms with Gasteiger partial charge in [0.1, 0.15) is 5.60 Å². The monoisotopic (exact) mass is 387 g/mol. The molecule has 9 heteroatoms. The number of rotatable bonds is 4. The van der Waals surface area contributed by atoms with Gasteiger partial charge in [0.25, 0.3) is 5.91 Å². The molecule has 0 aliphatic rings. The van der Waals surface area contributed by atoms with Gasteiger partial charge in [-0.15, -0.1) is 0 Å². The highest BCUT2D eigenvalue weighted by atomic mass is 127. The molecular weight excluding hydrogens is 369 g/mol. The summed E-state index contributed by atoms with van der Waals surface area (Å²) in [6.45, 7) is 5.03. The van der Waals surface area contributed by atoms with Gasteiger partial charge < -0.3 is 9.47 Å². The third kappa shape index (κ3) is 6.05. The molecule has 0 aliphatic carbocycles. The van der Waals surface area contributed by atoms with E-state index >= 15 is 0 Å². The average molecular weight is 387 g/mol. The second-order valence-corrected chi connectivity index (χ2v) is 5.50. The van der Waals surface area contributed by atoms with Gasteiger partial charge in [0.05, 0.1) is 30.0 Å². The number of carbonyl (C=O) groups is 3. The molecule has 0 heterocycles. The summed E-state index contributed by atoms with van der Waals surface area (Å²) in [6, 6.07) is -1.44. The summed E-state index contributed by atoms with van der Waals surface area (Å²) in [5.74, 6) is -1.59. The molecule has 0 spiro atoms. The van der Waals surface area contributed by atoms with Crippen molar-refractivity contribution >= 4 is 40.8 Å². The van der Waals surface area contributed by atoms with E-state index in [0.29, 0.717) is 0 Å². The van der Waals surface area contributed by atoms with Crippen molar-refractivity contribution in [1.29, 1.82) is 0 Å².